The van der Waals surface area contributed by atoms with E-state index in [9.17, 15) is 14.4 Å². The molecule has 0 bridgehead atoms. The van der Waals surface area contributed by atoms with E-state index < -0.39 is 0 Å². The highest BCUT2D eigenvalue weighted by Crippen LogP contribution is 2.35. The summed E-state index contributed by atoms with van der Waals surface area (Å²) in [6.45, 7) is 7.05. The van der Waals surface area contributed by atoms with Gasteiger partial charge in [0.25, 0.3) is 11.8 Å². The van der Waals surface area contributed by atoms with Crippen molar-refractivity contribution in [3.63, 3.8) is 0 Å². The molecule has 3 aromatic rings. The fourth-order valence-corrected chi connectivity index (χ4v) is 6.79. The Morgan fingerprint density at radius 3 is 2.48 bits per heavy atom. The van der Waals surface area contributed by atoms with E-state index in [0.29, 0.717) is 37.4 Å². The molecule has 2 aromatic carbocycles. The van der Waals surface area contributed by atoms with E-state index in [0.717, 1.165) is 54.5 Å². The quantitative estimate of drug-likeness (QED) is 0.398. The number of anilines is 2. The number of piperidine rings is 1. The van der Waals surface area contributed by atoms with E-state index in [-0.39, 0.29) is 30.2 Å². The van der Waals surface area contributed by atoms with Crippen molar-refractivity contribution >= 4 is 40.4 Å². The van der Waals surface area contributed by atoms with Crippen LogP contribution in [0.2, 0.25) is 0 Å². The van der Waals surface area contributed by atoms with Gasteiger partial charge in [0, 0.05) is 44.1 Å². The zero-order chi connectivity index (χ0) is 27.6. The summed E-state index contributed by atoms with van der Waals surface area (Å²) in [6.07, 6.45) is 1.69. The van der Waals surface area contributed by atoms with Gasteiger partial charge in [0.05, 0.1) is 41.6 Å². The van der Waals surface area contributed by atoms with Crippen LogP contribution in [0.3, 0.4) is 0 Å². The first-order valence-electron chi connectivity index (χ1n) is 14.1. The van der Waals surface area contributed by atoms with E-state index >= 15 is 0 Å². The van der Waals surface area contributed by atoms with E-state index in [2.05, 4.69) is 15.9 Å². The molecule has 8 nitrogen and oxygen atoms in total. The van der Waals surface area contributed by atoms with Gasteiger partial charge in [0.1, 0.15) is 5.75 Å². The van der Waals surface area contributed by atoms with Gasteiger partial charge >= 0.3 is 0 Å². The van der Waals surface area contributed by atoms with Crippen LogP contribution < -0.4 is 14.5 Å². The van der Waals surface area contributed by atoms with Gasteiger partial charge in [-0.25, -0.2) is 0 Å². The normalized spacial score (nSPS) is 19.3. The summed E-state index contributed by atoms with van der Waals surface area (Å²) in [7, 11) is 0. The number of thiophene rings is 1. The van der Waals surface area contributed by atoms with Crippen LogP contribution in [0.25, 0.3) is 0 Å². The van der Waals surface area contributed by atoms with Crippen LogP contribution in [0.15, 0.2) is 60.0 Å². The fraction of sp³-hybridized carbons (Fsp3) is 0.387. The monoisotopic (exact) mass is 558 g/mol. The lowest BCUT2D eigenvalue weighted by Crippen LogP contribution is -2.52. The van der Waals surface area contributed by atoms with Gasteiger partial charge in [0.2, 0.25) is 5.91 Å². The molecule has 3 aliphatic rings. The molecule has 0 spiro atoms. The lowest BCUT2D eigenvalue weighted by Gasteiger charge is -2.40. The van der Waals surface area contributed by atoms with Crippen molar-refractivity contribution in [1.29, 1.82) is 0 Å². The maximum atomic E-state index is 13.7. The molecule has 3 aliphatic heterocycles. The molecule has 40 heavy (non-hydrogen) atoms. The van der Waals surface area contributed by atoms with Crippen LogP contribution in [-0.4, -0.2) is 73.4 Å². The summed E-state index contributed by atoms with van der Waals surface area (Å²) in [6, 6.07) is 17.4. The van der Waals surface area contributed by atoms with Crippen LogP contribution in [0.4, 0.5) is 11.4 Å². The molecule has 2 saturated heterocycles. The SMILES string of the molecule is CCOc1ccccc1N1CCN(C(=O)[C@@H]2CCCN(c3cccc4c3C(=O)N(Cc3cccs3)C4=O)C2)CC1. The first-order valence-corrected chi connectivity index (χ1v) is 14.9. The Hall–Kier alpha value is -3.85. The second-order valence-electron chi connectivity index (χ2n) is 10.5. The second-order valence-corrected chi connectivity index (χ2v) is 11.5. The van der Waals surface area contributed by atoms with Gasteiger partial charge in [-0.2, -0.15) is 0 Å². The zero-order valence-electron chi connectivity index (χ0n) is 22.8. The van der Waals surface area contributed by atoms with Gasteiger partial charge in [-0.05, 0) is 55.5 Å². The van der Waals surface area contributed by atoms with Gasteiger partial charge in [0.15, 0.2) is 0 Å². The molecule has 0 aliphatic carbocycles. The average molecular weight is 559 g/mol. The number of fused-ring (bicyclic) bond motifs is 1. The Morgan fingerprint density at radius 2 is 1.70 bits per heavy atom. The van der Waals surface area contributed by atoms with Crippen molar-refractivity contribution in [2.45, 2.75) is 26.3 Å². The number of imide groups is 1. The van der Waals surface area contributed by atoms with Crippen LogP contribution in [-0.2, 0) is 11.3 Å². The predicted molar refractivity (Wildman–Crippen MR) is 156 cm³/mol. The molecule has 1 aromatic heterocycles. The molecule has 6 rings (SSSR count). The number of carbonyl (C=O) groups is 3. The number of rotatable bonds is 7. The van der Waals surface area contributed by atoms with Gasteiger partial charge < -0.3 is 19.4 Å². The Labute approximate surface area is 238 Å². The molecule has 9 heteroatoms. The maximum absolute atomic E-state index is 13.7. The van der Waals surface area contributed by atoms with Crippen molar-refractivity contribution in [2.75, 3.05) is 55.7 Å². The Kier molecular flexibility index (Phi) is 7.47. The molecule has 208 valence electrons. The number of piperazine rings is 1. The Bertz CT molecular complexity index is 1400. The lowest BCUT2D eigenvalue weighted by molar-refractivity contribution is -0.136. The van der Waals surface area contributed by atoms with Crippen LogP contribution in [0, 0.1) is 5.92 Å². The molecule has 0 unspecified atom stereocenters. The Morgan fingerprint density at radius 1 is 0.900 bits per heavy atom. The molecule has 2 fully saturated rings. The molecular weight excluding hydrogens is 524 g/mol. The third-order valence-corrected chi connectivity index (χ3v) is 8.94. The molecule has 1 atom stereocenters. The number of hydrogen-bond donors (Lipinski definition) is 0. The summed E-state index contributed by atoms with van der Waals surface area (Å²) in [5, 5.41) is 1.95. The van der Waals surface area contributed by atoms with Gasteiger partial charge in [-0.1, -0.05) is 24.3 Å². The predicted octanol–water partition coefficient (Wildman–Crippen LogP) is 4.51. The van der Waals surface area contributed by atoms with Crippen molar-refractivity contribution in [1.82, 2.24) is 9.80 Å². The molecular formula is C31H34N4O4S. The van der Waals surface area contributed by atoms with E-state index in [1.807, 2.05) is 59.7 Å². The van der Waals surface area contributed by atoms with Crippen LogP contribution in [0.5, 0.6) is 5.75 Å². The largest absolute Gasteiger partial charge is 0.492 e. The molecule has 0 radical (unpaired) electrons. The van der Waals surface area contributed by atoms with Crippen molar-refractivity contribution in [3.05, 3.63) is 76.0 Å². The molecule has 0 N–H and O–H groups in total. The smallest absolute Gasteiger partial charge is 0.264 e. The van der Waals surface area contributed by atoms with Crippen molar-refractivity contribution in [2.24, 2.45) is 5.92 Å². The number of carbonyl (C=O) groups excluding carboxylic acids is 3. The van der Waals surface area contributed by atoms with Crippen molar-refractivity contribution < 1.29 is 19.1 Å². The number of hydrogen-bond acceptors (Lipinski definition) is 7. The second kappa shape index (κ2) is 11.3. The first-order chi connectivity index (χ1) is 19.5. The third-order valence-electron chi connectivity index (χ3n) is 8.08. The minimum atomic E-state index is -0.249. The van der Waals surface area contributed by atoms with Gasteiger partial charge in [-0.15, -0.1) is 11.3 Å². The number of ether oxygens (including phenoxy) is 1. The minimum Gasteiger partial charge on any atom is -0.492 e. The first kappa shape index (κ1) is 26.4. The summed E-state index contributed by atoms with van der Waals surface area (Å²) < 4.78 is 5.82. The molecule has 0 saturated carbocycles. The van der Waals surface area contributed by atoms with Crippen molar-refractivity contribution in [3.8, 4) is 5.75 Å². The zero-order valence-corrected chi connectivity index (χ0v) is 23.6. The van der Waals surface area contributed by atoms with Gasteiger partial charge in [-0.3, -0.25) is 19.3 Å². The number of amides is 3. The summed E-state index contributed by atoms with van der Waals surface area (Å²) in [4.78, 5) is 49.0. The van der Waals surface area contributed by atoms with E-state index in [4.69, 9.17) is 4.74 Å². The third kappa shape index (κ3) is 4.94. The summed E-state index contributed by atoms with van der Waals surface area (Å²) in [5.41, 5.74) is 2.76. The molecule has 4 heterocycles. The Balaban J connectivity index is 1.13. The standard InChI is InChI=1S/C31H34N4O4S/c1-2-39-27-13-4-3-11-25(27)32-15-17-33(18-16-32)29(36)22-8-6-14-34(20-22)26-12-5-10-24-28(26)31(38)35(30(24)37)21-23-9-7-19-40-23/h3-5,7,9-13,19,22H,2,6,8,14-18,20-21H2,1H3/t22-/m1/s1. The number of nitrogens with zero attached hydrogens (tertiary/aromatic N) is 4. The minimum absolute atomic E-state index is 0.138. The summed E-state index contributed by atoms with van der Waals surface area (Å²) in [5.74, 6) is 0.424. The van der Waals surface area contributed by atoms with Crippen LogP contribution >= 0.6 is 11.3 Å². The average Bonchev–Trinajstić information content (AvgIpc) is 3.60. The lowest BCUT2D eigenvalue weighted by atomic mass is 9.94. The fourth-order valence-electron chi connectivity index (χ4n) is 6.10. The highest BCUT2D eigenvalue weighted by atomic mass is 32.1. The van der Waals surface area contributed by atoms with Crippen LogP contribution in [0.1, 0.15) is 45.4 Å². The number of benzene rings is 2. The highest BCUT2D eigenvalue weighted by Gasteiger charge is 2.40. The molecule has 3 amide bonds. The summed E-state index contributed by atoms with van der Waals surface area (Å²) >= 11 is 1.54. The van der Waals surface area contributed by atoms with E-state index in [1.165, 1.54) is 16.2 Å². The topological polar surface area (TPSA) is 73.4 Å². The maximum Gasteiger partial charge on any atom is 0.264 e. The van der Waals surface area contributed by atoms with E-state index in [1.54, 1.807) is 6.07 Å². The highest BCUT2D eigenvalue weighted by molar-refractivity contribution is 7.09. The number of para-hydroxylation sites is 2.